The molecule has 0 aliphatic carbocycles. The normalized spacial score (nSPS) is 12.9. The molecule has 2 aromatic heterocycles. The maximum atomic E-state index is 13.8. The first-order valence-electron chi connectivity index (χ1n) is 15.4. The first-order chi connectivity index (χ1) is 25.2. The summed E-state index contributed by atoms with van der Waals surface area (Å²) in [7, 11) is 0. The lowest BCUT2D eigenvalue weighted by molar-refractivity contribution is -0.144. The lowest BCUT2D eigenvalue weighted by Crippen LogP contribution is -2.11. The average Bonchev–Trinajstić information content (AvgIpc) is 3.43. The summed E-state index contributed by atoms with van der Waals surface area (Å²) >= 11 is 0. The molecule has 54 heavy (non-hydrogen) atoms. The number of hydrogen-bond acceptors (Lipinski definition) is 2. The van der Waals surface area contributed by atoms with Gasteiger partial charge in [0.15, 0.2) is 0 Å². The fourth-order valence-electron chi connectivity index (χ4n) is 6.22. The summed E-state index contributed by atoms with van der Waals surface area (Å²) in [5.41, 5.74) is -5.92. The Balaban J connectivity index is 1.54. The fraction of sp³-hybridized carbons (Fsp3) is 0.105. The van der Waals surface area contributed by atoms with E-state index >= 15 is 0 Å². The molecule has 0 aliphatic rings. The maximum absolute atomic E-state index is 13.8. The molecule has 0 saturated carbocycles. The van der Waals surface area contributed by atoms with E-state index in [0.29, 0.717) is 35.5 Å². The van der Waals surface area contributed by atoms with E-state index in [4.69, 9.17) is 0 Å². The maximum Gasteiger partial charge on any atom is 0.416 e. The molecule has 2 heterocycles. The highest BCUT2D eigenvalue weighted by Gasteiger charge is 2.38. The second kappa shape index (κ2) is 12.6. The lowest BCUT2D eigenvalue weighted by Gasteiger charge is -2.15. The Morgan fingerprint density at radius 2 is 0.852 bits per heavy atom. The third kappa shape index (κ3) is 6.83. The van der Waals surface area contributed by atoms with Crippen molar-refractivity contribution in [2.45, 2.75) is 24.7 Å². The Morgan fingerprint density at radius 3 is 1.24 bits per heavy atom. The van der Waals surface area contributed by atoms with Crippen molar-refractivity contribution in [3.8, 4) is 39.2 Å². The molecule has 0 atom stereocenters. The number of fused-ring (bicyclic) bond motifs is 3. The SMILES string of the molecule is Fc1cnc(-c2ccccc2-n2c3ccc(-c4cc(C(F)(F)F)cc(C(F)(F)F)c4)cc3c3cc(-c4cc(C(F)(F)F)cc(C(F)(F)F)c4)ccc32)cn1. The van der Waals surface area contributed by atoms with E-state index in [1.807, 2.05) is 0 Å². The van der Waals surface area contributed by atoms with Gasteiger partial charge < -0.3 is 4.57 Å². The first kappa shape index (κ1) is 36.4. The molecule has 16 heteroatoms. The van der Waals surface area contributed by atoms with E-state index < -0.39 is 64.0 Å². The van der Waals surface area contributed by atoms with Gasteiger partial charge in [-0.25, -0.2) is 9.97 Å². The summed E-state index contributed by atoms with van der Waals surface area (Å²) in [5, 5.41) is 0.330. The van der Waals surface area contributed by atoms with Gasteiger partial charge >= 0.3 is 24.7 Å². The number of nitrogens with zero attached hydrogens (tertiary/aromatic N) is 3. The van der Waals surface area contributed by atoms with Gasteiger partial charge in [0.1, 0.15) is 0 Å². The van der Waals surface area contributed by atoms with Gasteiger partial charge in [-0.3, -0.25) is 0 Å². The van der Waals surface area contributed by atoms with Crippen molar-refractivity contribution in [1.82, 2.24) is 14.5 Å². The van der Waals surface area contributed by atoms with E-state index in [9.17, 15) is 57.1 Å². The van der Waals surface area contributed by atoms with Crippen LogP contribution in [0.4, 0.5) is 57.1 Å². The van der Waals surface area contributed by atoms with E-state index in [0.717, 1.165) is 12.4 Å². The van der Waals surface area contributed by atoms with Crippen molar-refractivity contribution in [2.75, 3.05) is 0 Å². The Bertz CT molecular complexity index is 2360. The molecular formula is C38H18F13N3. The van der Waals surface area contributed by atoms with Gasteiger partial charge in [0.05, 0.1) is 57.1 Å². The van der Waals surface area contributed by atoms with E-state index in [-0.39, 0.29) is 50.8 Å². The highest BCUT2D eigenvalue weighted by Crippen LogP contribution is 2.44. The zero-order chi connectivity index (χ0) is 39.0. The summed E-state index contributed by atoms with van der Waals surface area (Å²) in [6, 6.07) is 16.5. The van der Waals surface area contributed by atoms with Crippen LogP contribution in [0, 0.1) is 5.95 Å². The molecule has 0 fully saturated rings. The molecular weight excluding hydrogens is 745 g/mol. The third-order valence-electron chi connectivity index (χ3n) is 8.65. The van der Waals surface area contributed by atoms with Crippen LogP contribution < -0.4 is 0 Å². The minimum Gasteiger partial charge on any atom is -0.309 e. The number of rotatable bonds is 4. The van der Waals surface area contributed by atoms with Gasteiger partial charge in [0.2, 0.25) is 5.95 Å². The molecule has 0 radical (unpaired) electrons. The molecule has 0 unspecified atom stereocenters. The Kier molecular flexibility index (Phi) is 8.50. The molecule has 0 amide bonds. The molecule has 0 bridgehead atoms. The van der Waals surface area contributed by atoms with Crippen LogP contribution in [0.2, 0.25) is 0 Å². The Labute approximate surface area is 294 Å². The summed E-state index contributed by atoms with van der Waals surface area (Å²) in [6.07, 6.45) is -18.6. The van der Waals surface area contributed by atoms with E-state index in [2.05, 4.69) is 9.97 Å². The molecule has 0 N–H and O–H groups in total. The number of alkyl halides is 12. The predicted molar refractivity (Wildman–Crippen MR) is 173 cm³/mol. The van der Waals surface area contributed by atoms with Gasteiger partial charge in [-0.1, -0.05) is 30.3 Å². The van der Waals surface area contributed by atoms with Gasteiger partial charge in [0, 0.05) is 16.3 Å². The monoisotopic (exact) mass is 763 g/mol. The van der Waals surface area contributed by atoms with Crippen molar-refractivity contribution >= 4 is 21.8 Å². The number of halogens is 13. The van der Waals surface area contributed by atoms with Crippen LogP contribution in [0.3, 0.4) is 0 Å². The van der Waals surface area contributed by atoms with Crippen LogP contribution in [-0.2, 0) is 24.7 Å². The Hall–Kier alpha value is -5.93. The molecule has 0 saturated heterocycles. The first-order valence-corrected chi connectivity index (χ1v) is 15.4. The molecule has 7 aromatic rings. The lowest BCUT2D eigenvalue weighted by atomic mass is 9.96. The van der Waals surface area contributed by atoms with Crippen molar-refractivity contribution in [1.29, 1.82) is 0 Å². The van der Waals surface area contributed by atoms with Crippen LogP contribution in [0.5, 0.6) is 0 Å². The highest BCUT2D eigenvalue weighted by atomic mass is 19.4. The molecule has 0 aliphatic heterocycles. The van der Waals surface area contributed by atoms with Gasteiger partial charge in [-0.2, -0.15) is 57.1 Å². The second-order valence-corrected chi connectivity index (χ2v) is 12.1. The minimum absolute atomic E-state index is 0.0281. The van der Waals surface area contributed by atoms with Crippen LogP contribution >= 0.6 is 0 Å². The smallest absolute Gasteiger partial charge is 0.309 e. The van der Waals surface area contributed by atoms with Crippen LogP contribution in [0.15, 0.2) is 109 Å². The molecule has 3 nitrogen and oxygen atoms in total. The van der Waals surface area contributed by atoms with E-state index in [1.54, 1.807) is 28.8 Å². The zero-order valence-corrected chi connectivity index (χ0v) is 26.6. The average molecular weight is 764 g/mol. The molecule has 5 aromatic carbocycles. The van der Waals surface area contributed by atoms with Crippen molar-refractivity contribution in [3.63, 3.8) is 0 Å². The summed E-state index contributed by atoms with van der Waals surface area (Å²) in [6.45, 7) is 0. The quantitative estimate of drug-likeness (QED) is 0.167. The van der Waals surface area contributed by atoms with Crippen LogP contribution in [0.1, 0.15) is 22.3 Å². The summed E-state index contributed by atoms with van der Waals surface area (Å²) in [4.78, 5) is 7.71. The van der Waals surface area contributed by atoms with Crippen LogP contribution in [-0.4, -0.2) is 14.5 Å². The highest BCUT2D eigenvalue weighted by molar-refractivity contribution is 6.12. The second-order valence-electron chi connectivity index (χ2n) is 12.1. The minimum atomic E-state index is -5.15. The molecule has 0 spiro atoms. The van der Waals surface area contributed by atoms with E-state index in [1.165, 1.54) is 36.4 Å². The van der Waals surface area contributed by atoms with Crippen LogP contribution in [0.25, 0.3) is 61.0 Å². The molecule has 276 valence electrons. The standard InChI is InChI=1S/C38H18F13N3/c39-34-18-52-30(17-53-34)27-3-1-2-4-31(27)54-32-7-5-19(21-9-23(35(40,41)42)15-24(10-21)36(43,44)45)13-28(32)29-14-20(6-8-33(29)54)22-11-25(37(46,47)48)16-26(12-22)38(49,50)51/h1-18H. The van der Waals surface area contributed by atoms with Crippen molar-refractivity contribution < 1.29 is 57.1 Å². The van der Waals surface area contributed by atoms with Gasteiger partial charge in [-0.05, 0) is 89.0 Å². The zero-order valence-electron chi connectivity index (χ0n) is 26.6. The van der Waals surface area contributed by atoms with Gasteiger partial charge in [-0.15, -0.1) is 0 Å². The van der Waals surface area contributed by atoms with Crippen molar-refractivity contribution in [2.24, 2.45) is 0 Å². The third-order valence-corrected chi connectivity index (χ3v) is 8.65. The number of para-hydroxylation sites is 1. The fourth-order valence-corrected chi connectivity index (χ4v) is 6.22. The Morgan fingerprint density at radius 1 is 0.426 bits per heavy atom. The summed E-state index contributed by atoms with van der Waals surface area (Å²) < 4.78 is 181. The summed E-state index contributed by atoms with van der Waals surface area (Å²) in [5.74, 6) is -0.875. The number of aromatic nitrogens is 3. The van der Waals surface area contributed by atoms with Gasteiger partial charge in [0.25, 0.3) is 0 Å². The number of benzene rings is 5. The largest absolute Gasteiger partial charge is 0.416 e. The predicted octanol–water partition coefficient (Wildman–Crippen LogP) is 12.8. The number of hydrogen-bond donors (Lipinski definition) is 0. The molecule has 7 rings (SSSR count). The topological polar surface area (TPSA) is 30.7 Å². The van der Waals surface area contributed by atoms with Crippen molar-refractivity contribution in [3.05, 3.63) is 138 Å².